The van der Waals surface area contributed by atoms with Crippen LogP contribution in [0, 0.1) is 6.92 Å². The number of anilines is 1. The highest BCUT2D eigenvalue weighted by Crippen LogP contribution is 2.43. The van der Waals surface area contributed by atoms with Crippen LogP contribution in [0.4, 0.5) is 5.13 Å². The molecule has 1 fully saturated rings. The summed E-state index contributed by atoms with van der Waals surface area (Å²) in [5, 5.41) is 20.3. The largest absolute Gasteiger partial charge is 0.507 e. The molecular weight excluding hydrogens is 442 g/mol. The van der Waals surface area contributed by atoms with Crippen LogP contribution in [0.5, 0.6) is 11.5 Å². The van der Waals surface area contributed by atoms with Crippen LogP contribution in [0.2, 0.25) is 0 Å². The molecule has 0 unspecified atom stereocenters. The van der Waals surface area contributed by atoms with Gasteiger partial charge in [0.2, 0.25) is 5.13 Å². The molecule has 0 aliphatic carbocycles. The second-order valence-electron chi connectivity index (χ2n) is 7.73. The number of aliphatic hydroxyl groups excluding tert-OH is 1. The highest BCUT2D eigenvalue weighted by Gasteiger charge is 2.48. The average molecular weight is 464 g/mol. The first-order valence-corrected chi connectivity index (χ1v) is 11.4. The molecule has 0 spiro atoms. The highest BCUT2D eigenvalue weighted by molar-refractivity contribution is 7.15. The fourth-order valence-corrected chi connectivity index (χ4v) is 4.72. The summed E-state index contributed by atoms with van der Waals surface area (Å²) in [6.45, 7) is 4.66. The molecule has 1 N–H and O–H groups in total. The first-order chi connectivity index (χ1) is 16.0. The Balaban J connectivity index is 1.67. The van der Waals surface area contributed by atoms with Crippen LogP contribution in [-0.2, 0) is 16.0 Å². The zero-order valence-electron chi connectivity index (χ0n) is 18.1. The Labute approximate surface area is 194 Å². The molecule has 8 nitrogen and oxygen atoms in total. The van der Waals surface area contributed by atoms with Gasteiger partial charge in [0.05, 0.1) is 11.6 Å². The number of aryl methyl sites for hydroxylation is 2. The zero-order chi connectivity index (χ0) is 23.1. The Morgan fingerprint density at radius 1 is 1.09 bits per heavy atom. The number of aromatic nitrogens is 2. The number of hydrogen-bond donors (Lipinski definition) is 1. The van der Waals surface area contributed by atoms with Crippen LogP contribution in [-0.4, -0.2) is 40.2 Å². The number of Topliss-reactive ketones (excluding diaryl/α,β-unsaturated/α-hetero) is 1. The van der Waals surface area contributed by atoms with E-state index in [1.165, 1.54) is 16.2 Å². The predicted molar refractivity (Wildman–Crippen MR) is 123 cm³/mol. The van der Waals surface area contributed by atoms with Crippen molar-refractivity contribution in [2.24, 2.45) is 0 Å². The molecule has 5 rings (SSSR count). The van der Waals surface area contributed by atoms with Gasteiger partial charge in [0.15, 0.2) is 11.5 Å². The van der Waals surface area contributed by atoms with E-state index in [1.54, 1.807) is 25.1 Å². The fourth-order valence-electron chi connectivity index (χ4n) is 4.01. The second kappa shape index (κ2) is 8.32. The number of carbonyl (C=O) groups excluding carboxylic acids is 2. The molecule has 1 atom stereocenters. The number of rotatable bonds is 4. The van der Waals surface area contributed by atoms with Crippen LogP contribution < -0.4 is 14.4 Å². The third-order valence-corrected chi connectivity index (χ3v) is 6.52. The SMILES string of the molecule is CCc1ccc([C@@H]2C(=C(O)c3ccc4c(c3)OCCO4)C(=O)C(=O)N2c2nnc(C)s2)cc1. The van der Waals surface area contributed by atoms with E-state index in [9.17, 15) is 14.7 Å². The topological polar surface area (TPSA) is 102 Å². The Morgan fingerprint density at radius 3 is 2.48 bits per heavy atom. The molecule has 3 heterocycles. The van der Waals surface area contributed by atoms with E-state index >= 15 is 0 Å². The van der Waals surface area contributed by atoms with E-state index < -0.39 is 17.7 Å². The molecule has 9 heteroatoms. The minimum absolute atomic E-state index is 0.00576. The summed E-state index contributed by atoms with van der Waals surface area (Å²) >= 11 is 1.21. The minimum Gasteiger partial charge on any atom is -0.507 e. The van der Waals surface area contributed by atoms with Crippen molar-refractivity contribution in [1.82, 2.24) is 10.2 Å². The zero-order valence-corrected chi connectivity index (χ0v) is 18.9. The third-order valence-electron chi connectivity index (χ3n) is 5.69. The number of fused-ring (bicyclic) bond motifs is 1. The summed E-state index contributed by atoms with van der Waals surface area (Å²) in [5.74, 6) is -0.773. The van der Waals surface area contributed by atoms with Crippen LogP contribution in [0.1, 0.15) is 34.7 Å². The molecule has 3 aromatic rings. The third kappa shape index (κ3) is 3.64. The summed E-state index contributed by atoms with van der Waals surface area (Å²) in [6.07, 6.45) is 0.854. The number of nitrogens with zero attached hydrogens (tertiary/aromatic N) is 3. The molecule has 0 bridgehead atoms. The molecule has 1 aromatic heterocycles. The average Bonchev–Trinajstić information content (AvgIpc) is 3.38. The van der Waals surface area contributed by atoms with Gasteiger partial charge >= 0.3 is 5.91 Å². The lowest BCUT2D eigenvalue weighted by Crippen LogP contribution is -2.29. The van der Waals surface area contributed by atoms with Crippen LogP contribution in [0.15, 0.2) is 48.0 Å². The maximum Gasteiger partial charge on any atom is 0.301 e. The first-order valence-electron chi connectivity index (χ1n) is 10.6. The van der Waals surface area contributed by atoms with Crippen molar-refractivity contribution in [3.05, 3.63) is 69.7 Å². The monoisotopic (exact) mass is 463 g/mol. The summed E-state index contributed by atoms with van der Waals surface area (Å²) in [7, 11) is 0. The Morgan fingerprint density at radius 2 is 1.82 bits per heavy atom. The number of hydrogen-bond acceptors (Lipinski definition) is 8. The maximum absolute atomic E-state index is 13.2. The number of benzene rings is 2. The lowest BCUT2D eigenvalue weighted by Gasteiger charge is -2.23. The molecule has 2 aromatic carbocycles. The summed E-state index contributed by atoms with van der Waals surface area (Å²) in [6, 6.07) is 11.7. The predicted octanol–water partition coefficient (Wildman–Crippen LogP) is 3.81. The van der Waals surface area contributed by atoms with Crippen molar-refractivity contribution >= 4 is 33.9 Å². The molecule has 2 aliphatic heterocycles. The highest BCUT2D eigenvalue weighted by atomic mass is 32.1. The Hall–Kier alpha value is -3.72. The number of carbonyl (C=O) groups is 2. The van der Waals surface area contributed by atoms with E-state index in [4.69, 9.17) is 9.47 Å². The Kier molecular flexibility index (Phi) is 5.33. The van der Waals surface area contributed by atoms with Gasteiger partial charge in [0.1, 0.15) is 24.0 Å². The van der Waals surface area contributed by atoms with Crippen LogP contribution in [0.3, 0.4) is 0 Å². The normalized spacial score (nSPS) is 19.2. The summed E-state index contributed by atoms with van der Waals surface area (Å²) < 4.78 is 11.2. The van der Waals surface area contributed by atoms with Crippen molar-refractivity contribution in [3.63, 3.8) is 0 Å². The number of ether oxygens (including phenoxy) is 2. The molecule has 33 heavy (non-hydrogen) atoms. The van der Waals surface area contributed by atoms with Gasteiger partial charge in [-0.2, -0.15) is 0 Å². The van der Waals surface area contributed by atoms with E-state index in [2.05, 4.69) is 10.2 Å². The van der Waals surface area contributed by atoms with Crippen molar-refractivity contribution in [1.29, 1.82) is 0 Å². The smallest absolute Gasteiger partial charge is 0.301 e. The first kappa shape index (κ1) is 21.1. The standard InChI is InChI=1S/C24H21N3O5S/c1-3-14-4-6-15(7-5-14)20-19(22(29)23(30)27(20)24-26-25-13(2)33-24)21(28)16-8-9-17-18(12-16)32-11-10-31-17/h4-9,12,20,28H,3,10-11H2,1-2H3/t20-/m1/s1. The van der Waals surface area contributed by atoms with Gasteiger partial charge in [-0.05, 0) is 42.7 Å². The van der Waals surface area contributed by atoms with E-state index in [0.717, 1.165) is 12.0 Å². The van der Waals surface area contributed by atoms with E-state index in [0.29, 0.717) is 46.0 Å². The minimum atomic E-state index is -0.837. The quantitative estimate of drug-likeness (QED) is 0.357. The molecule has 1 saturated heterocycles. The van der Waals surface area contributed by atoms with E-state index in [-0.39, 0.29) is 11.3 Å². The second-order valence-corrected chi connectivity index (χ2v) is 8.89. The van der Waals surface area contributed by atoms with Crippen LogP contribution >= 0.6 is 11.3 Å². The molecule has 2 aliphatic rings. The maximum atomic E-state index is 13.2. The lowest BCUT2D eigenvalue weighted by molar-refractivity contribution is -0.132. The van der Waals surface area contributed by atoms with Gasteiger partial charge in [-0.15, -0.1) is 10.2 Å². The molecular formula is C24H21N3O5S. The number of amides is 1. The molecule has 168 valence electrons. The van der Waals surface area contributed by atoms with Gasteiger partial charge < -0.3 is 14.6 Å². The van der Waals surface area contributed by atoms with E-state index in [1.807, 2.05) is 31.2 Å². The van der Waals surface area contributed by atoms with Crippen molar-refractivity contribution in [2.45, 2.75) is 26.3 Å². The fraction of sp³-hybridized carbons (Fsp3) is 0.250. The van der Waals surface area contributed by atoms with Gasteiger partial charge in [0.25, 0.3) is 5.78 Å². The molecule has 0 radical (unpaired) electrons. The van der Waals surface area contributed by atoms with Gasteiger partial charge in [-0.1, -0.05) is 42.5 Å². The lowest BCUT2D eigenvalue weighted by atomic mass is 9.94. The summed E-state index contributed by atoms with van der Waals surface area (Å²) in [5.41, 5.74) is 2.17. The van der Waals surface area contributed by atoms with Crippen molar-refractivity contribution < 1.29 is 24.2 Å². The Bertz CT molecular complexity index is 1280. The van der Waals surface area contributed by atoms with Crippen molar-refractivity contribution in [2.75, 3.05) is 18.1 Å². The molecule has 1 amide bonds. The van der Waals surface area contributed by atoms with Gasteiger partial charge in [-0.3, -0.25) is 14.5 Å². The number of ketones is 1. The van der Waals surface area contributed by atoms with Gasteiger partial charge in [-0.25, -0.2) is 0 Å². The molecule has 0 saturated carbocycles. The van der Waals surface area contributed by atoms with Crippen molar-refractivity contribution in [3.8, 4) is 11.5 Å². The number of aliphatic hydroxyl groups is 1. The summed E-state index contributed by atoms with van der Waals surface area (Å²) in [4.78, 5) is 27.6. The van der Waals surface area contributed by atoms with Crippen LogP contribution in [0.25, 0.3) is 5.76 Å². The van der Waals surface area contributed by atoms with Gasteiger partial charge in [0, 0.05) is 5.56 Å².